The van der Waals surface area contributed by atoms with Crippen molar-refractivity contribution in [3.05, 3.63) is 23.9 Å². The number of aliphatic hydroxyl groups excluding tert-OH is 1. The van der Waals surface area contributed by atoms with Gasteiger partial charge in [0.2, 0.25) is 0 Å². The largest absolute Gasteiger partial charge is 0.389 e. The van der Waals surface area contributed by atoms with Crippen LogP contribution in [-0.2, 0) is 0 Å². The van der Waals surface area contributed by atoms with Crippen molar-refractivity contribution in [3.8, 4) is 0 Å². The van der Waals surface area contributed by atoms with Gasteiger partial charge in [0.05, 0.1) is 6.10 Å². The highest BCUT2D eigenvalue weighted by Crippen LogP contribution is 2.17. The minimum Gasteiger partial charge on any atom is -0.389 e. The molecule has 4 heteroatoms. The molecule has 4 nitrogen and oxygen atoms in total. The lowest BCUT2D eigenvalue weighted by atomic mass is 10.2. The fourth-order valence-corrected chi connectivity index (χ4v) is 2.35. The molecule has 2 rings (SSSR count). The van der Waals surface area contributed by atoms with Gasteiger partial charge in [0.1, 0.15) is 5.82 Å². The zero-order chi connectivity index (χ0) is 13.0. The maximum absolute atomic E-state index is 9.46. The molecule has 0 radical (unpaired) electrons. The van der Waals surface area contributed by atoms with E-state index in [1.54, 1.807) is 13.1 Å². The normalized spacial score (nSPS) is 18.9. The second-order valence-electron chi connectivity index (χ2n) is 4.95. The maximum atomic E-state index is 9.46. The molecule has 2 heterocycles. The summed E-state index contributed by atoms with van der Waals surface area (Å²) in [5, 5.41) is 9.46. The number of anilines is 1. The number of rotatable bonds is 4. The Kier molecular flexibility index (Phi) is 4.55. The molecule has 18 heavy (non-hydrogen) atoms. The summed E-state index contributed by atoms with van der Waals surface area (Å²) >= 11 is 0. The molecule has 1 aliphatic heterocycles. The van der Waals surface area contributed by atoms with Crippen LogP contribution in [0.15, 0.2) is 18.3 Å². The van der Waals surface area contributed by atoms with Gasteiger partial charge in [0, 0.05) is 32.4 Å². The highest BCUT2D eigenvalue weighted by molar-refractivity contribution is 5.40. The van der Waals surface area contributed by atoms with E-state index >= 15 is 0 Å². The summed E-state index contributed by atoms with van der Waals surface area (Å²) in [7, 11) is 0. The Morgan fingerprint density at radius 2 is 2.00 bits per heavy atom. The molecule has 0 amide bonds. The molecule has 1 aromatic heterocycles. The van der Waals surface area contributed by atoms with E-state index in [4.69, 9.17) is 0 Å². The number of pyridine rings is 1. The fourth-order valence-electron chi connectivity index (χ4n) is 2.35. The van der Waals surface area contributed by atoms with Crippen LogP contribution in [0.5, 0.6) is 0 Å². The molecule has 1 aromatic rings. The lowest BCUT2D eigenvalue weighted by Crippen LogP contribution is -2.46. The van der Waals surface area contributed by atoms with Crippen LogP contribution in [0.2, 0.25) is 0 Å². The highest BCUT2D eigenvalue weighted by atomic mass is 16.3. The first-order valence-corrected chi connectivity index (χ1v) is 6.82. The van der Waals surface area contributed by atoms with E-state index in [9.17, 15) is 5.11 Å². The first-order chi connectivity index (χ1) is 8.70. The summed E-state index contributed by atoms with van der Waals surface area (Å²) in [5.41, 5.74) is 0.878. The van der Waals surface area contributed by atoms with Crippen LogP contribution in [0.1, 0.15) is 31.9 Å². The van der Waals surface area contributed by atoms with Crippen LogP contribution in [-0.4, -0.2) is 47.7 Å². The van der Waals surface area contributed by atoms with Crippen LogP contribution in [0, 0.1) is 0 Å². The zero-order valence-corrected chi connectivity index (χ0v) is 11.3. The van der Waals surface area contributed by atoms with Crippen molar-refractivity contribution < 1.29 is 5.11 Å². The van der Waals surface area contributed by atoms with Crippen molar-refractivity contribution in [2.45, 2.75) is 26.4 Å². The van der Waals surface area contributed by atoms with Gasteiger partial charge in [-0.3, -0.25) is 4.90 Å². The quantitative estimate of drug-likeness (QED) is 0.881. The molecule has 0 saturated carbocycles. The molecule has 0 spiro atoms. The van der Waals surface area contributed by atoms with Gasteiger partial charge in [-0.15, -0.1) is 0 Å². The Labute approximate surface area is 109 Å². The van der Waals surface area contributed by atoms with Crippen LogP contribution in [0.4, 0.5) is 5.82 Å². The van der Waals surface area contributed by atoms with Gasteiger partial charge in [-0.1, -0.05) is 13.0 Å². The Hall–Kier alpha value is -1.13. The number of aromatic nitrogens is 1. The van der Waals surface area contributed by atoms with Crippen molar-refractivity contribution in [2.24, 2.45) is 0 Å². The molecule has 1 aliphatic rings. The summed E-state index contributed by atoms with van der Waals surface area (Å²) in [6.45, 7) is 9.51. The molecular weight excluding hydrogens is 226 g/mol. The second-order valence-corrected chi connectivity index (χ2v) is 4.95. The molecular formula is C14H23N3O. The van der Waals surface area contributed by atoms with Crippen molar-refractivity contribution in [3.63, 3.8) is 0 Å². The predicted molar refractivity (Wildman–Crippen MR) is 73.8 cm³/mol. The Morgan fingerprint density at radius 1 is 1.28 bits per heavy atom. The molecule has 0 bridgehead atoms. The van der Waals surface area contributed by atoms with E-state index in [-0.39, 0.29) is 0 Å². The smallest absolute Gasteiger partial charge is 0.128 e. The van der Waals surface area contributed by atoms with Gasteiger partial charge >= 0.3 is 0 Å². The van der Waals surface area contributed by atoms with Gasteiger partial charge in [0.15, 0.2) is 0 Å². The summed E-state index contributed by atoms with van der Waals surface area (Å²) < 4.78 is 0. The summed E-state index contributed by atoms with van der Waals surface area (Å²) in [6, 6.07) is 3.98. The SMILES string of the molecule is CCCN1CCN(c2ccc([C@@H](C)O)cn2)CC1. The summed E-state index contributed by atoms with van der Waals surface area (Å²) in [5.74, 6) is 1.02. The molecule has 1 saturated heterocycles. The number of aliphatic hydroxyl groups is 1. The van der Waals surface area contributed by atoms with E-state index in [1.807, 2.05) is 12.1 Å². The van der Waals surface area contributed by atoms with Crippen molar-refractivity contribution in [1.82, 2.24) is 9.88 Å². The summed E-state index contributed by atoms with van der Waals surface area (Å²) in [6.07, 6.45) is 2.56. The van der Waals surface area contributed by atoms with E-state index in [1.165, 1.54) is 13.0 Å². The van der Waals surface area contributed by atoms with Gasteiger partial charge < -0.3 is 10.0 Å². The predicted octanol–water partition coefficient (Wildman–Crippen LogP) is 1.67. The molecule has 1 atom stereocenters. The Morgan fingerprint density at radius 3 is 2.50 bits per heavy atom. The number of piperazine rings is 1. The van der Waals surface area contributed by atoms with Crippen LogP contribution in [0.25, 0.3) is 0 Å². The monoisotopic (exact) mass is 249 g/mol. The topological polar surface area (TPSA) is 39.6 Å². The number of hydrogen-bond donors (Lipinski definition) is 1. The van der Waals surface area contributed by atoms with Gasteiger partial charge in [-0.05, 0) is 31.5 Å². The Bertz CT molecular complexity index is 356. The van der Waals surface area contributed by atoms with Crippen LogP contribution < -0.4 is 4.90 Å². The van der Waals surface area contributed by atoms with Crippen molar-refractivity contribution >= 4 is 5.82 Å². The third-order valence-electron chi connectivity index (χ3n) is 3.49. The van der Waals surface area contributed by atoms with E-state index in [0.717, 1.165) is 37.6 Å². The van der Waals surface area contributed by atoms with Crippen molar-refractivity contribution in [2.75, 3.05) is 37.6 Å². The summed E-state index contributed by atoms with van der Waals surface area (Å²) in [4.78, 5) is 9.26. The van der Waals surface area contributed by atoms with Crippen LogP contribution >= 0.6 is 0 Å². The molecule has 100 valence electrons. The van der Waals surface area contributed by atoms with E-state index in [0.29, 0.717) is 0 Å². The van der Waals surface area contributed by atoms with E-state index < -0.39 is 6.10 Å². The molecule has 0 aliphatic carbocycles. The molecule has 1 N–H and O–H groups in total. The first-order valence-electron chi connectivity index (χ1n) is 6.82. The first kappa shape index (κ1) is 13.3. The average Bonchev–Trinajstić information content (AvgIpc) is 2.40. The lowest BCUT2D eigenvalue weighted by molar-refractivity contribution is 0.199. The minimum absolute atomic E-state index is 0.437. The zero-order valence-electron chi connectivity index (χ0n) is 11.3. The number of nitrogens with zero attached hydrogens (tertiary/aromatic N) is 3. The lowest BCUT2D eigenvalue weighted by Gasteiger charge is -2.35. The molecule has 0 unspecified atom stereocenters. The second kappa shape index (κ2) is 6.16. The van der Waals surface area contributed by atoms with E-state index in [2.05, 4.69) is 21.7 Å². The Balaban J connectivity index is 1.93. The highest BCUT2D eigenvalue weighted by Gasteiger charge is 2.17. The average molecular weight is 249 g/mol. The minimum atomic E-state index is -0.437. The molecule has 1 fully saturated rings. The maximum Gasteiger partial charge on any atom is 0.128 e. The third kappa shape index (κ3) is 3.21. The molecule has 0 aromatic carbocycles. The third-order valence-corrected chi connectivity index (χ3v) is 3.49. The van der Waals surface area contributed by atoms with Gasteiger partial charge in [-0.25, -0.2) is 4.98 Å². The van der Waals surface area contributed by atoms with Gasteiger partial charge in [-0.2, -0.15) is 0 Å². The fraction of sp³-hybridized carbons (Fsp3) is 0.643. The van der Waals surface area contributed by atoms with Crippen LogP contribution in [0.3, 0.4) is 0 Å². The standard InChI is InChI=1S/C14H23N3O/c1-3-6-16-7-9-17(10-8-16)14-5-4-13(11-15-14)12(2)18/h4-5,11-12,18H,3,6-10H2,1-2H3/t12-/m1/s1. The number of hydrogen-bond acceptors (Lipinski definition) is 4. The van der Waals surface area contributed by atoms with Gasteiger partial charge in [0.25, 0.3) is 0 Å². The van der Waals surface area contributed by atoms with Crippen molar-refractivity contribution in [1.29, 1.82) is 0 Å².